The van der Waals surface area contributed by atoms with Crippen molar-refractivity contribution in [2.45, 2.75) is 33.2 Å². The van der Waals surface area contributed by atoms with Gasteiger partial charge in [0.05, 0.1) is 12.1 Å². The smallest absolute Gasteiger partial charge is 0.252 e. The second-order valence-electron chi connectivity index (χ2n) is 6.06. The number of rotatable bonds is 6. The summed E-state index contributed by atoms with van der Waals surface area (Å²) < 4.78 is 7.44. The molecule has 0 bridgehead atoms. The molecule has 0 fully saturated rings. The van der Waals surface area contributed by atoms with Crippen molar-refractivity contribution in [2.24, 2.45) is 0 Å². The number of ether oxygens (including phenoxy) is 1. The zero-order chi connectivity index (χ0) is 16.2. The zero-order valence-corrected chi connectivity index (χ0v) is 13.7. The Bertz CT molecular complexity index is 631. The van der Waals surface area contributed by atoms with Crippen molar-refractivity contribution in [1.29, 1.82) is 0 Å². The second kappa shape index (κ2) is 6.79. The third kappa shape index (κ3) is 3.98. The van der Waals surface area contributed by atoms with E-state index in [-0.39, 0.29) is 5.91 Å². The van der Waals surface area contributed by atoms with E-state index < -0.39 is 5.54 Å². The van der Waals surface area contributed by atoms with Gasteiger partial charge in [-0.2, -0.15) is 0 Å². The Morgan fingerprint density at radius 1 is 1.27 bits per heavy atom. The minimum absolute atomic E-state index is 0.0683. The Labute approximate surface area is 132 Å². The van der Waals surface area contributed by atoms with Crippen LogP contribution in [-0.2, 0) is 4.74 Å². The minimum Gasteiger partial charge on any atom is -0.379 e. The van der Waals surface area contributed by atoms with Crippen molar-refractivity contribution in [3.05, 3.63) is 53.9 Å². The Kier molecular flexibility index (Phi) is 5.03. The van der Waals surface area contributed by atoms with Crippen LogP contribution in [0.4, 0.5) is 0 Å². The average molecular weight is 300 g/mol. The lowest BCUT2D eigenvalue weighted by molar-refractivity contribution is 0.0725. The maximum Gasteiger partial charge on any atom is 0.252 e. The lowest BCUT2D eigenvalue weighted by atomic mass is 10.0. The van der Waals surface area contributed by atoms with E-state index >= 15 is 0 Å². The van der Waals surface area contributed by atoms with E-state index in [1.165, 1.54) is 0 Å². The molecular weight excluding hydrogens is 276 g/mol. The number of carbonyl (C=O) groups excluding carboxylic acids is 1. The van der Waals surface area contributed by atoms with Gasteiger partial charge < -0.3 is 14.6 Å². The molecule has 0 spiro atoms. The average Bonchev–Trinajstić information content (AvgIpc) is 2.98. The Morgan fingerprint density at radius 2 is 1.95 bits per heavy atom. The van der Waals surface area contributed by atoms with Crippen molar-refractivity contribution in [3.63, 3.8) is 0 Å². The molecule has 1 aromatic carbocycles. The highest BCUT2D eigenvalue weighted by molar-refractivity contribution is 5.96. The van der Waals surface area contributed by atoms with E-state index in [9.17, 15) is 4.79 Å². The lowest BCUT2D eigenvalue weighted by Crippen LogP contribution is -2.47. The Balaban J connectivity index is 2.14. The van der Waals surface area contributed by atoms with Gasteiger partial charge in [-0.25, -0.2) is 0 Å². The van der Waals surface area contributed by atoms with Crippen LogP contribution in [-0.4, -0.2) is 29.2 Å². The Hall–Kier alpha value is -2.07. The third-order valence-corrected chi connectivity index (χ3v) is 3.48. The van der Waals surface area contributed by atoms with Crippen molar-refractivity contribution in [3.8, 4) is 5.69 Å². The standard InChI is InChI=1S/C18H24N2O2/c1-5-22-13-18(3,4)19-17(21)16-9-8-15(12-14(16)2)20-10-6-7-11-20/h6-12H,5,13H2,1-4H3,(H,19,21). The molecule has 0 aliphatic heterocycles. The fraction of sp³-hybridized carbons (Fsp3) is 0.389. The summed E-state index contributed by atoms with van der Waals surface area (Å²) in [7, 11) is 0. The van der Waals surface area contributed by atoms with Gasteiger partial charge in [0.2, 0.25) is 0 Å². The van der Waals surface area contributed by atoms with Crippen LogP contribution in [0.15, 0.2) is 42.7 Å². The summed E-state index contributed by atoms with van der Waals surface area (Å²) in [5, 5.41) is 3.03. The largest absolute Gasteiger partial charge is 0.379 e. The van der Waals surface area contributed by atoms with E-state index in [0.29, 0.717) is 18.8 Å². The first-order valence-electron chi connectivity index (χ1n) is 7.57. The second-order valence-corrected chi connectivity index (χ2v) is 6.06. The molecule has 0 aliphatic rings. The van der Waals surface area contributed by atoms with Crippen LogP contribution in [0.2, 0.25) is 0 Å². The molecule has 2 rings (SSSR count). The molecular formula is C18H24N2O2. The number of hydrogen-bond acceptors (Lipinski definition) is 2. The summed E-state index contributed by atoms with van der Waals surface area (Å²) in [5.74, 6) is -0.0683. The van der Waals surface area contributed by atoms with Crippen LogP contribution in [0.25, 0.3) is 5.69 Å². The highest BCUT2D eigenvalue weighted by Gasteiger charge is 2.22. The molecule has 1 heterocycles. The van der Waals surface area contributed by atoms with Gasteiger partial charge in [-0.15, -0.1) is 0 Å². The molecule has 0 atom stereocenters. The van der Waals surface area contributed by atoms with Gasteiger partial charge in [0.15, 0.2) is 0 Å². The SMILES string of the molecule is CCOCC(C)(C)NC(=O)c1ccc(-n2cccc2)cc1C. The van der Waals surface area contributed by atoms with E-state index in [4.69, 9.17) is 4.74 Å². The summed E-state index contributed by atoms with van der Waals surface area (Å²) in [6.07, 6.45) is 3.97. The van der Waals surface area contributed by atoms with Crippen molar-refractivity contribution < 1.29 is 9.53 Å². The van der Waals surface area contributed by atoms with Crippen molar-refractivity contribution in [1.82, 2.24) is 9.88 Å². The normalized spacial score (nSPS) is 11.5. The molecule has 1 amide bonds. The first-order chi connectivity index (χ1) is 10.4. The molecule has 118 valence electrons. The summed E-state index contributed by atoms with van der Waals surface area (Å²) in [5.41, 5.74) is 2.31. The fourth-order valence-corrected chi connectivity index (χ4v) is 2.34. The first kappa shape index (κ1) is 16.3. The van der Waals surface area contributed by atoms with Gasteiger partial charge in [-0.3, -0.25) is 4.79 Å². The molecule has 4 heteroatoms. The fourth-order valence-electron chi connectivity index (χ4n) is 2.34. The van der Waals surface area contributed by atoms with Crippen molar-refractivity contribution >= 4 is 5.91 Å². The van der Waals surface area contributed by atoms with E-state index in [0.717, 1.165) is 11.3 Å². The number of aromatic nitrogens is 1. The van der Waals surface area contributed by atoms with Gasteiger partial charge in [-0.1, -0.05) is 0 Å². The number of carbonyl (C=O) groups is 1. The first-order valence-corrected chi connectivity index (χ1v) is 7.57. The minimum atomic E-state index is -0.390. The summed E-state index contributed by atoms with van der Waals surface area (Å²) >= 11 is 0. The molecule has 4 nitrogen and oxygen atoms in total. The number of benzene rings is 1. The van der Waals surface area contributed by atoms with Crippen LogP contribution in [0, 0.1) is 6.92 Å². The molecule has 0 radical (unpaired) electrons. The summed E-state index contributed by atoms with van der Waals surface area (Å²) in [6, 6.07) is 9.80. The number of amides is 1. The number of nitrogens with one attached hydrogen (secondary N) is 1. The summed E-state index contributed by atoms with van der Waals surface area (Å²) in [4.78, 5) is 12.5. The van der Waals surface area contributed by atoms with Crippen LogP contribution < -0.4 is 5.32 Å². The van der Waals surface area contributed by atoms with Gasteiger partial charge in [0.25, 0.3) is 5.91 Å². The van der Waals surface area contributed by atoms with Gasteiger partial charge in [-0.05, 0) is 63.6 Å². The Morgan fingerprint density at radius 3 is 2.55 bits per heavy atom. The van der Waals surface area contributed by atoms with Gasteiger partial charge >= 0.3 is 0 Å². The van der Waals surface area contributed by atoms with E-state index in [1.807, 2.05) is 75.0 Å². The molecule has 0 saturated carbocycles. The maximum atomic E-state index is 12.5. The number of hydrogen-bond donors (Lipinski definition) is 1. The molecule has 0 aliphatic carbocycles. The molecule has 2 aromatic rings. The van der Waals surface area contributed by atoms with E-state index in [1.54, 1.807) is 0 Å². The predicted molar refractivity (Wildman–Crippen MR) is 88.5 cm³/mol. The monoisotopic (exact) mass is 300 g/mol. The lowest BCUT2D eigenvalue weighted by Gasteiger charge is -2.26. The molecule has 0 saturated heterocycles. The highest BCUT2D eigenvalue weighted by atomic mass is 16.5. The third-order valence-electron chi connectivity index (χ3n) is 3.48. The number of aryl methyl sites for hydroxylation is 1. The van der Waals surface area contributed by atoms with E-state index in [2.05, 4.69) is 5.32 Å². The quantitative estimate of drug-likeness (QED) is 0.889. The van der Waals surface area contributed by atoms with Crippen LogP contribution in [0.3, 0.4) is 0 Å². The van der Waals surface area contributed by atoms with Crippen molar-refractivity contribution in [2.75, 3.05) is 13.2 Å². The molecule has 1 aromatic heterocycles. The maximum absolute atomic E-state index is 12.5. The van der Waals surface area contributed by atoms with Crippen LogP contribution in [0.5, 0.6) is 0 Å². The van der Waals surface area contributed by atoms with Gasteiger partial charge in [0.1, 0.15) is 0 Å². The van der Waals surface area contributed by atoms with Gasteiger partial charge in [0, 0.05) is 30.3 Å². The number of nitrogens with zero attached hydrogens (tertiary/aromatic N) is 1. The molecule has 22 heavy (non-hydrogen) atoms. The highest BCUT2D eigenvalue weighted by Crippen LogP contribution is 2.16. The van der Waals surface area contributed by atoms with Crippen LogP contribution in [0.1, 0.15) is 36.7 Å². The molecule has 1 N–H and O–H groups in total. The topological polar surface area (TPSA) is 43.3 Å². The predicted octanol–water partition coefficient (Wildman–Crippen LogP) is 3.33. The summed E-state index contributed by atoms with van der Waals surface area (Å²) in [6.45, 7) is 8.97. The molecule has 0 unspecified atom stereocenters. The van der Waals surface area contributed by atoms with Crippen LogP contribution >= 0.6 is 0 Å². The zero-order valence-electron chi connectivity index (χ0n) is 13.7.